The highest BCUT2D eigenvalue weighted by molar-refractivity contribution is 5.69. The molecule has 1 aromatic carbocycles. The number of hydrogen-bond acceptors (Lipinski definition) is 2. The lowest BCUT2D eigenvalue weighted by molar-refractivity contribution is -0.0394. The van der Waals surface area contributed by atoms with Crippen LogP contribution in [0.25, 0.3) is 11.1 Å². The van der Waals surface area contributed by atoms with Crippen LogP contribution < -0.4 is 0 Å². The predicted octanol–water partition coefficient (Wildman–Crippen LogP) is 3.23. The zero-order chi connectivity index (χ0) is 13.1. The Hall–Kier alpha value is -2.05. The van der Waals surface area contributed by atoms with Gasteiger partial charge in [-0.15, -0.1) is 6.42 Å². The number of ether oxygens (including phenoxy) is 1. The summed E-state index contributed by atoms with van der Waals surface area (Å²) < 4.78 is 7.63. The van der Waals surface area contributed by atoms with Crippen molar-refractivity contribution < 1.29 is 4.74 Å². The summed E-state index contributed by atoms with van der Waals surface area (Å²) in [5.41, 5.74) is 2.99. The van der Waals surface area contributed by atoms with E-state index in [4.69, 9.17) is 11.2 Å². The summed E-state index contributed by atoms with van der Waals surface area (Å²) >= 11 is 0. The highest BCUT2D eigenvalue weighted by Crippen LogP contribution is 2.26. The van der Waals surface area contributed by atoms with E-state index in [1.165, 1.54) is 6.42 Å². The quantitative estimate of drug-likeness (QED) is 0.767. The lowest BCUT2D eigenvalue weighted by Gasteiger charge is -2.22. The van der Waals surface area contributed by atoms with E-state index in [1.807, 2.05) is 41.3 Å². The van der Waals surface area contributed by atoms with Crippen LogP contribution in [-0.2, 0) is 4.74 Å². The normalized spacial score (nSPS) is 19.0. The minimum absolute atomic E-state index is 0.0699. The smallest absolute Gasteiger partial charge is 0.150 e. The first-order valence-electron chi connectivity index (χ1n) is 6.60. The third-order valence-electron chi connectivity index (χ3n) is 3.45. The maximum atomic E-state index is 5.73. The van der Waals surface area contributed by atoms with Gasteiger partial charge in [0.2, 0.25) is 0 Å². The minimum atomic E-state index is 0.0699. The Labute approximate surface area is 113 Å². The summed E-state index contributed by atoms with van der Waals surface area (Å²) in [6, 6.07) is 7.92. The second-order valence-electron chi connectivity index (χ2n) is 4.72. The number of nitrogens with zero attached hydrogens (tertiary/aromatic N) is 2. The van der Waals surface area contributed by atoms with Gasteiger partial charge in [0.25, 0.3) is 0 Å². The Balaban J connectivity index is 1.90. The summed E-state index contributed by atoms with van der Waals surface area (Å²) in [4.78, 5) is 0. The molecule has 1 aliphatic heterocycles. The first kappa shape index (κ1) is 12.0. The molecule has 1 unspecified atom stereocenters. The monoisotopic (exact) mass is 252 g/mol. The second kappa shape index (κ2) is 5.29. The van der Waals surface area contributed by atoms with E-state index < -0.39 is 0 Å². The molecule has 19 heavy (non-hydrogen) atoms. The van der Waals surface area contributed by atoms with Crippen molar-refractivity contribution in [1.82, 2.24) is 9.78 Å². The maximum absolute atomic E-state index is 5.73. The van der Waals surface area contributed by atoms with Crippen LogP contribution in [0.3, 0.4) is 0 Å². The van der Waals surface area contributed by atoms with E-state index in [2.05, 4.69) is 11.0 Å². The van der Waals surface area contributed by atoms with Crippen molar-refractivity contribution in [3.05, 3.63) is 42.2 Å². The number of benzene rings is 1. The van der Waals surface area contributed by atoms with Crippen molar-refractivity contribution >= 4 is 0 Å². The first-order valence-corrected chi connectivity index (χ1v) is 6.60. The molecule has 3 rings (SSSR count). The molecule has 0 aliphatic carbocycles. The van der Waals surface area contributed by atoms with Gasteiger partial charge in [-0.3, -0.25) is 0 Å². The van der Waals surface area contributed by atoms with Gasteiger partial charge >= 0.3 is 0 Å². The van der Waals surface area contributed by atoms with Gasteiger partial charge in [0.15, 0.2) is 0 Å². The molecule has 1 aliphatic rings. The maximum Gasteiger partial charge on any atom is 0.150 e. The molecule has 0 amide bonds. The van der Waals surface area contributed by atoms with Crippen LogP contribution in [0.2, 0.25) is 0 Å². The summed E-state index contributed by atoms with van der Waals surface area (Å²) in [6.07, 6.45) is 12.8. The molecule has 3 nitrogen and oxygen atoms in total. The molecule has 1 fully saturated rings. The highest BCUT2D eigenvalue weighted by atomic mass is 16.5. The van der Waals surface area contributed by atoms with Gasteiger partial charge in [-0.05, 0) is 25.3 Å². The van der Waals surface area contributed by atoms with Gasteiger partial charge < -0.3 is 4.74 Å². The van der Waals surface area contributed by atoms with Gasteiger partial charge in [-0.25, -0.2) is 4.68 Å². The number of aromatic nitrogens is 2. The van der Waals surface area contributed by atoms with Crippen LogP contribution >= 0.6 is 0 Å². The van der Waals surface area contributed by atoms with E-state index in [1.54, 1.807) is 0 Å². The second-order valence-corrected chi connectivity index (χ2v) is 4.72. The van der Waals surface area contributed by atoms with Crippen LogP contribution in [0, 0.1) is 12.3 Å². The molecule has 1 saturated heterocycles. The van der Waals surface area contributed by atoms with E-state index in [9.17, 15) is 0 Å². The SMILES string of the molecule is C#Cc1ccccc1-c1cnn(C2CCCCO2)c1. The summed E-state index contributed by atoms with van der Waals surface area (Å²) in [6.45, 7) is 0.820. The largest absolute Gasteiger partial charge is 0.357 e. The average Bonchev–Trinajstić information content (AvgIpc) is 2.98. The molecule has 1 atom stereocenters. The molecule has 0 saturated carbocycles. The molecule has 0 N–H and O–H groups in total. The van der Waals surface area contributed by atoms with Gasteiger partial charge in [-0.2, -0.15) is 5.10 Å². The van der Waals surface area contributed by atoms with Crippen LogP contribution in [0.4, 0.5) is 0 Å². The van der Waals surface area contributed by atoms with Crippen molar-refractivity contribution in [3.8, 4) is 23.5 Å². The summed E-state index contributed by atoms with van der Waals surface area (Å²) in [7, 11) is 0. The topological polar surface area (TPSA) is 27.1 Å². The fraction of sp³-hybridized carbons (Fsp3) is 0.312. The Kier molecular flexibility index (Phi) is 3.35. The third kappa shape index (κ3) is 2.40. The zero-order valence-corrected chi connectivity index (χ0v) is 10.7. The van der Waals surface area contributed by atoms with E-state index in [0.29, 0.717) is 0 Å². The number of rotatable bonds is 2. The van der Waals surface area contributed by atoms with Crippen LogP contribution in [-0.4, -0.2) is 16.4 Å². The van der Waals surface area contributed by atoms with Crippen molar-refractivity contribution in [2.75, 3.05) is 6.61 Å². The Morgan fingerprint density at radius 1 is 1.32 bits per heavy atom. The fourth-order valence-corrected chi connectivity index (χ4v) is 2.43. The summed E-state index contributed by atoms with van der Waals surface area (Å²) in [5, 5.41) is 4.41. The molecule has 96 valence electrons. The molecular weight excluding hydrogens is 236 g/mol. The fourth-order valence-electron chi connectivity index (χ4n) is 2.43. The molecule has 0 spiro atoms. The van der Waals surface area contributed by atoms with E-state index >= 15 is 0 Å². The lowest BCUT2D eigenvalue weighted by atomic mass is 10.0. The van der Waals surface area contributed by atoms with Crippen LogP contribution in [0.1, 0.15) is 31.1 Å². The van der Waals surface area contributed by atoms with Crippen molar-refractivity contribution in [2.45, 2.75) is 25.5 Å². The average molecular weight is 252 g/mol. The predicted molar refractivity (Wildman–Crippen MR) is 74.4 cm³/mol. The molecule has 1 aromatic heterocycles. The van der Waals surface area contributed by atoms with E-state index in [0.717, 1.165) is 36.1 Å². The molecule has 3 heteroatoms. The number of terminal acetylenes is 1. The molecule has 0 radical (unpaired) electrons. The van der Waals surface area contributed by atoms with Crippen LogP contribution in [0.15, 0.2) is 36.7 Å². The first-order chi connectivity index (χ1) is 9.38. The Morgan fingerprint density at radius 3 is 3.00 bits per heavy atom. The van der Waals surface area contributed by atoms with Gasteiger partial charge in [-0.1, -0.05) is 24.1 Å². The van der Waals surface area contributed by atoms with Gasteiger partial charge in [0, 0.05) is 29.5 Å². The van der Waals surface area contributed by atoms with Crippen molar-refractivity contribution in [3.63, 3.8) is 0 Å². The lowest BCUT2D eigenvalue weighted by Crippen LogP contribution is -2.18. The molecule has 0 bridgehead atoms. The van der Waals surface area contributed by atoms with Crippen molar-refractivity contribution in [2.24, 2.45) is 0 Å². The number of hydrogen-bond donors (Lipinski definition) is 0. The molecule has 2 heterocycles. The van der Waals surface area contributed by atoms with E-state index in [-0.39, 0.29) is 6.23 Å². The third-order valence-corrected chi connectivity index (χ3v) is 3.45. The van der Waals surface area contributed by atoms with Crippen molar-refractivity contribution in [1.29, 1.82) is 0 Å². The Morgan fingerprint density at radius 2 is 2.21 bits per heavy atom. The zero-order valence-electron chi connectivity index (χ0n) is 10.7. The summed E-state index contributed by atoms with van der Waals surface area (Å²) in [5.74, 6) is 2.71. The molecular formula is C16H16N2O. The molecule has 2 aromatic rings. The minimum Gasteiger partial charge on any atom is -0.357 e. The van der Waals surface area contributed by atoms with Gasteiger partial charge in [0.05, 0.1) is 6.20 Å². The Bertz CT molecular complexity index is 603. The van der Waals surface area contributed by atoms with Crippen LogP contribution in [0.5, 0.6) is 0 Å². The highest BCUT2D eigenvalue weighted by Gasteiger charge is 2.17. The standard InChI is InChI=1S/C16H16N2O/c1-2-13-7-3-4-8-15(13)14-11-17-18(12-14)16-9-5-6-10-19-16/h1,3-4,7-8,11-12,16H,5-6,9-10H2. The van der Waals surface area contributed by atoms with Gasteiger partial charge in [0.1, 0.15) is 6.23 Å².